The van der Waals surface area contributed by atoms with Crippen LogP contribution in [0.15, 0.2) is 0 Å². The third kappa shape index (κ3) is 5.26. The lowest BCUT2D eigenvalue weighted by Crippen LogP contribution is -2.17. The van der Waals surface area contributed by atoms with Crippen molar-refractivity contribution in [1.29, 1.82) is 0 Å². The van der Waals surface area contributed by atoms with E-state index in [-0.39, 0.29) is 12.8 Å². The van der Waals surface area contributed by atoms with E-state index in [1.54, 1.807) is 0 Å². The number of hydrogen-bond donors (Lipinski definition) is 2. The smallest absolute Gasteiger partial charge is 0.243 e. The van der Waals surface area contributed by atoms with Crippen molar-refractivity contribution in [3.63, 3.8) is 0 Å². The molecule has 58 valence electrons. The zero-order valence-corrected chi connectivity index (χ0v) is 5.89. The van der Waals surface area contributed by atoms with Crippen molar-refractivity contribution in [2.24, 2.45) is 0 Å². The third-order valence-corrected chi connectivity index (χ3v) is 1.26. The van der Waals surface area contributed by atoms with Gasteiger partial charge in [0.25, 0.3) is 0 Å². The molecule has 0 aromatic rings. The molecule has 6 heteroatoms. The van der Waals surface area contributed by atoms with E-state index in [2.05, 4.69) is 0 Å². The van der Waals surface area contributed by atoms with Gasteiger partial charge in [0.05, 0.1) is 0 Å². The highest BCUT2D eigenvalue weighted by Crippen LogP contribution is 1.81. The molecular weight excluding hydrogens is 158 g/mol. The average Bonchev–Trinajstić information content (AvgIpc) is 1.87. The van der Waals surface area contributed by atoms with Crippen molar-refractivity contribution in [1.82, 2.24) is 5.48 Å². The number of carbonyl (C=O) groups is 1. The largest absolute Gasteiger partial charge is 0.289 e. The van der Waals surface area contributed by atoms with Gasteiger partial charge in [-0.2, -0.15) is 8.42 Å². The molecule has 10 heavy (non-hydrogen) atoms. The first-order valence-electron chi connectivity index (χ1n) is 2.51. The maximum Gasteiger partial charge on any atom is 0.243 e. The molecule has 0 rings (SSSR count). The van der Waals surface area contributed by atoms with Gasteiger partial charge < -0.3 is 0 Å². The molecule has 0 aromatic carbocycles. The van der Waals surface area contributed by atoms with E-state index >= 15 is 0 Å². The molecule has 0 aliphatic rings. The summed E-state index contributed by atoms with van der Waals surface area (Å²) in [5.74, 6) is -0.596. The van der Waals surface area contributed by atoms with Crippen molar-refractivity contribution >= 4 is 21.6 Å². The van der Waals surface area contributed by atoms with Crippen LogP contribution in [0.25, 0.3) is 0 Å². The van der Waals surface area contributed by atoms with Crippen LogP contribution in [0.4, 0.5) is 0 Å². The number of carbonyl (C=O) groups excluding carboxylic acids is 1. The number of rotatable bonds is 3. The fourth-order valence-electron chi connectivity index (χ4n) is 0.342. The molecule has 0 spiro atoms. The summed E-state index contributed by atoms with van der Waals surface area (Å²) in [4.78, 5) is 10.2. The monoisotopic (exact) mass is 165 g/mol. The molecular formula is C4H7NO4S. The van der Waals surface area contributed by atoms with E-state index < -0.39 is 16.2 Å². The van der Waals surface area contributed by atoms with Crippen LogP contribution in [0.3, 0.4) is 0 Å². The maximum absolute atomic E-state index is 10.2. The highest BCUT2D eigenvalue weighted by molar-refractivity contribution is 7.71. The first-order valence-corrected chi connectivity index (χ1v) is 3.65. The maximum atomic E-state index is 10.2. The van der Waals surface area contributed by atoms with Gasteiger partial charge >= 0.3 is 0 Å². The van der Waals surface area contributed by atoms with Crippen molar-refractivity contribution in [2.45, 2.75) is 12.8 Å². The molecule has 0 saturated heterocycles. The Morgan fingerprint density at radius 3 is 2.60 bits per heavy atom. The Kier molecular flexibility index (Phi) is 4.51. The van der Waals surface area contributed by atoms with Gasteiger partial charge in [-0.25, -0.2) is 5.48 Å². The van der Waals surface area contributed by atoms with Crippen LogP contribution in [0.2, 0.25) is 0 Å². The minimum Gasteiger partial charge on any atom is -0.289 e. The van der Waals surface area contributed by atoms with E-state index in [4.69, 9.17) is 5.21 Å². The van der Waals surface area contributed by atoms with Gasteiger partial charge in [0.15, 0.2) is 0 Å². The number of hydrogen-bond acceptors (Lipinski definition) is 4. The van der Waals surface area contributed by atoms with Crippen molar-refractivity contribution in [3.8, 4) is 0 Å². The van der Waals surface area contributed by atoms with Crippen molar-refractivity contribution in [2.75, 3.05) is 0 Å². The third-order valence-electron chi connectivity index (χ3n) is 0.750. The molecule has 0 aliphatic carbocycles. The average molecular weight is 165 g/mol. The normalized spacial score (nSPS) is 8.50. The van der Waals surface area contributed by atoms with E-state index in [0.717, 1.165) is 5.37 Å². The van der Waals surface area contributed by atoms with Crippen LogP contribution in [0.1, 0.15) is 12.8 Å². The number of amides is 1. The zero-order chi connectivity index (χ0) is 7.98. The highest BCUT2D eigenvalue weighted by atomic mass is 32.2. The summed E-state index contributed by atoms with van der Waals surface area (Å²) in [5, 5.41) is 8.89. The Morgan fingerprint density at radius 1 is 1.60 bits per heavy atom. The lowest BCUT2D eigenvalue weighted by molar-refractivity contribution is -0.129. The second-order valence-corrected chi connectivity index (χ2v) is 2.36. The van der Waals surface area contributed by atoms with E-state index in [1.807, 2.05) is 0 Å². The quantitative estimate of drug-likeness (QED) is 0.317. The molecule has 0 unspecified atom stereocenters. The van der Waals surface area contributed by atoms with Gasteiger partial charge in [-0.3, -0.25) is 10.0 Å². The molecule has 0 heterocycles. The number of nitrogens with one attached hydrogen (secondary N) is 1. The van der Waals surface area contributed by atoms with Crippen LogP contribution >= 0.6 is 0 Å². The summed E-state index contributed by atoms with van der Waals surface area (Å²) in [7, 11) is -2.22. The fraction of sp³-hybridized carbons (Fsp3) is 0.500. The predicted molar refractivity (Wildman–Crippen MR) is 34.1 cm³/mol. The molecule has 0 atom stereocenters. The van der Waals surface area contributed by atoms with Gasteiger partial charge in [0, 0.05) is 11.8 Å². The topological polar surface area (TPSA) is 83.5 Å². The first-order chi connectivity index (χ1) is 4.66. The van der Waals surface area contributed by atoms with Crippen LogP contribution in [0, 0.1) is 0 Å². The van der Waals surface area contributed by atoms with Gasteiger partial charge in [-0.05, 0) is 6.42 Å². The summed E-state index contributed by atoms with van der Waals surface area (Å²) in [5.41, 5.74) is 1.38. The van der Waals surface area contributed by atoms with Gasteiger partial charge in [0.1, 0.15) is 0 Å². The summed E-state index contributed by atoms with van der Waals surface area (Å²) >= 11 is 0. The van der Waals surface area contributed by atoms with Gasteiger partial charge in [-0.15, -0.1) is 0 Å². The zero-order valence-electron chi connectivity index (χ0n) is 5.07. The van der Waals surface area contributed by atoms with Crippen LogP contribution in [0.5, 0.6) is 0 Å². The van der Waals surface area contributed by atoms with E-state index in [1.165, 1.54) is 5.48 Å². The first kappa shape index (κ1) is 9.12. The van der Waals surface area contributed by atoms with Crippen molar-refractivity contribution in [3.05, 3.63) is 0 Å². The SMILES string of the molecule is O=C(CCC=S(=O)=O)NO. The Labute approximate surface area is 59.2 Å². The van der Waals surface area contributed by atoms with Gasteiger partial charge in [0.2, 0.25) is 16.2 Å². The molecule has 0 bridgehead atoms. The number of hydroxylamine groups is 1. The second-order valence-electron chi connectivity index (χ2n) is 1.50. The standard InChI is InChI=1S/C4H7NO4S/c6-4(5-7)2-1-3-10(8)9/h3,7H,1-2H2,(H,5,6). The molecule has 5 nitrogen and oxygen atoms in total. The summed E-state index contributed by atoms with van der Waals surface area (Å²) in [6.45, 7) is 0. The molecule has 0 aliphatic heterocycles. The van der Waals surface area contributed by atoms with Gasteiger partial charge in [-0.1, -0.05) is 0 Å². The molecule has 0 saturated carbocycles. The lowest BCUT2D eigenvalue weighted by Gasteiger charge is -1.90. The Bertz CT molecular complexity index is 222. The Hall–Kier alpha value is -0.880. The molecule has 0 radical (unpaired) electrons. The summed E-state index contributed by atoms with van der Waals surface area (Å²) in [6, 6.07) is 0. The Morgan fingerprint density at radius 2 is 2.20 bits per heavy atom. The fourth-order valence-corrected chi connectivity index (χ4v) is 0.652. The summed E-state index contributed by atoms with van der Waals surface area (Å²) in [6.07, 6.45) is 0.0903. The highest BCUT2D eigenvalue weighted by Gasteiger charge is 1.94. The molecule has 1 amide bonds. The van der Waals surface area contributed by atoms with Crippen molar-refractivity contribution < 1.29 is 18.4 Å². The summed E-state index contributed by atoms with van der Waals surface area (Å²) < 4.78 is 19.6. The molecule has 2 N–H and O–H groups in total. The second kappa shape index (κ2) is 4.95. The minimum absolute atomic E-state index is 0.0233. The Balaban J connectivity index is 3.57. The molecule has 0 aromatic heterocycles. The molecule has 0 fully saturated rings. The predicted octanol–water partition coefficient (Wildman–Crippen LogP) is -1.05. The van der Waals surface area contributed by atoms with Crippen LogP contribution in [-0.4, -0.2) is 24.9 Å². The van der Waals surface area contributed by atoms with Crippen LogP contribution < -0.4 is 5.48 Å². The van der Waals surface area contributed by atoms with E-state index in [0.29, 0.717) is 0 Å². The lowest BCUT2D eigenvalue weighted by atomic mass is 10.3. The van der Waals surface area contributed by atoms with Crippen LogP contribution in [-0.2, 0) is 15.1 Å². The minimum atomic E-state index is -2.22. The van der Waals surface area contributed by atoms with E-state index in [9.17, 15) is 13.2 Å².